The number of carbonyl (C=O) groups excluding carboxylic acids is 1. The number of nitrogens with zero attached hydrogens (tertiary/aromatic N) is 4. The van der Waals surface area contributed by atoms with Gasteiger partial charge in [0.1, 0.15) is 0 Å². The average molecular weight is 522 g/mol. The molecular weight excluding hydrogens is 486 g/mol. The molecule has 7 heteroatoms. The van der Waals surface area contributed by atoms with Crippen molar-refractivity contribution in [3.63, 3.8) is 0 Å². The van der Waals surface area contributed by atoms with Crippen molar-refractivity contribution in [3.8, 4) is 11.4 Å². The molecule has 3 heterocycles. The second-order valence-electron chi connectivity index (χ2n) is 10.7. The molecule has 3 aromatic carbocycles. The molecule has 2 aliphatic heterocycles. The molecule has 6 rings (SSSR count). The molecule has 200 valence electrons. The van der Waals surface area contributed by atoms with Gasteiger partial charge in [0, 0.05) is 38.3 Å². The molecule has 39 heavy (non-hydrogen) atoms. The number of benzene rings is 3. The number of likely N-dealkylation sites (tertiary alicyclic amines) is 1. The van der Waals surface area contributed by atoms with Gasteiger partial charge in [0.05, 0.1) is 12.5 Å². The molecule has 1 fully saturated rings. The van der Waals surface area contributed by atoms with Crippen LogP contribution in [0.4, 0.5) is 0 Å². The third-order valence-electron chi connectivity index (χ3n) is 7.84. The Balaban J connectivity index is 0.967. The van der Waals surface area contributed by atoms with Gasteiger partial charge in [-0.3, -0.25) is 14.6 Å². The molecule has 7 nitrogen and oxygen atoms in total. The lowest BCUT2D eigenvalue weighted by atomic mass is 9.97. The first-order valence-electron chi connectivity index (χ1n) is 13.9. The molecule has 0 bridgehead atoms. The molecule has 0 spiro atoms. The molecule has 1 unspecified atom stereocenters. The quantitative estimate of drug-likeness (QED) is 0.358. The minimum absolute atomic E-state index is 0.0310. The van der Waals surface area contributed by atoms with E-state index in [2.05, 4.69) is 73.8 Å². The molecular formula is C32H35N5O2. The van der Waals surface area contributed by atoms with Crippen molar-refractivity contribution < 1.29 is 9.32 Å². The number of amides is 1. The van der Waals surface area contributed by atoms with Crippen molar-refractivity contribution in [1.29, 1.82) is 0 Å². The van der Waals surface area contributed by atoms with E-state index in [0.717, 1.165) is 56.6 Å². The lowest BCUT2D eigenvalue weighted by Gasteiger charge is -2.30. The largest absolute Gasteiger partial charge is 0.352 e. The Bertz CT molecular complexity index is 1390. The highest BCUT2D eigenvalue weighted by atomic mass is 16.5. The highest BCUT2D eigenvalue weighted by Gasteiger charge is 2.27. The SMILES string of the molecule is O=C(NCc1ccc(CN2CCc3ccccc3C2)cc1)C1CCCN(Cc2nc(-c3ccccc3)no2)C1. The number of piperidine rings is 1. The maximum absolute atomic E-state index is 13.0. The maximum Gasteiger partial charge on any atom is 0.241 e. The molecule has 0 aliphatic carbocycles. The second-order valence-corrected chi connectivity index (χ2v) is 10.7. The maximum atomic E-state index is 13.0. The zero-order valence-corrected chi connectivity index (χ0v) is 22.3. The van der Waals surface area contributed by atoms with Gasteiger partial charge in [-0.2, -0.15) is 4.98 Å². The summed E-state index contributed by atoms with van der Waals surface area (Å²) >= 11 is 0. The van der Waals surface area contributed by atoms with Gasteiger partial charge in [-0.1, -0.05) is 84.0 Å². The second kappa shape index (κ2) is 11.9. The van der Waals surface area contributed by atoms with Crippen LogP contribution in [-0.2, 0) is 37.4 Å². The van der Waals surface area contributed by atoms with E-state index < -0.39 is 0 Å². The molecule has 1 N–H and O–H groups in total. The summed E-state index contributed by atoms with van der Waals surface area (Å²) in [6, 6.07) is 27.2. The zero-order chi connectivity index (χ0) is 26.4. The molecule has 1 atom stereocenters. The summed E-state index contributed by atoms with van der Waals surface area (Å²) in [5, 5.41) is 7.29. The topological polar surface area (TPSA) is 74.5 Å². The standard InChI is InChI=1S/C32H35N5O2/c38-32(29-11-6-17-36(22-29)23-30-34-31(35-39-30)27-8-2-1-3-9-27)33-19-24-12-14-25(15-13-24)20-37-18-16-26-7-4-5-10-28(26)21-37/h1-5,7-10,12-15,29H,6,11,16-23H2,(H,33,38). The van der Waals surface area contributed by atoms with Gasteiger partial charge in [0.15, 0.2) is 0 Å². The molecule has 1 saturated heterocycles. The van der Waals surface area contributed by atoms with Crippen LogP contribution in [0.1, 0.15) is 41.0 Å². The fourth-order valence-electron chi connectivity index (χ4n) is 5.67. The van der Waals surface area contributed by atoms with E-state index in [0.29, 0.717) is 31.3 Å². The van der Waals surface area contributed by atoms with Crippen molar-refractivity contribution in [1.82, 2.24) is 25.3 Å². The van der Waals surface area contributed by atoms with Crippen molar-refractivity contribution in [2.75, 3.05) is 19.6 Å². The highest BCUT2D eigenvalue weighted by molar-refractivity contribution is 5.79. The molecule has 0 radical (unpaired) electrons. The summed E-state index contributed by atoms with van der Waals surface area (Å²) < 4.78 is 5.49. The smallest absolute Gasteiger partial charge is 0.241 e. The minimum Gasteiger partial charge on any atom is -0.352 e. The molecule has 0 saturated carbocycles. The van der Waals surface area contributed by atoms with E-state index in [9.17, 15) is 4.79 Å². The Labute approximate surface area is 229 Å². The number of hydrogen-bond donors (Lipinski definition) is 1. The number of hydrogen-bond acceptors (Lipinski definition) is 6. The highest BCUT2D eigenvalue weighted by Crippen LogP contribution is 2.22. The van der Waals surface area contributed by atoms with E-state index in [1.807, 2.05) is 30.3 Å². The lowest BCUT2D eigenvalue weighted by Crippen LogP contribution is -2.42. The summed E-state index contributed by atoms with van der Waals surface area (Å²) in [4.78, 5) is 22.3. The van der Waals surface area contributed by atoms with Gasteiger partial charge in [-0.05, 0) is 48.1 Å². The summed E-state index contributed by atoms with van der Waals surface area (Å²) in [5.74, 6) is 1.27. The average Bonchev–Trinajstić information content (AvgIpc) is 3.45. The van der Waals surface area contributed by atoms with Crippen LogP contribution >= 0.6 is 0 Å². The summed E-state index contributed by atoms with van der Waals surface area (Å²) in [6.07, 6.45) is 3.00. The lowest BCUT2D eigenvalue weighted by molar-refractivity contribution is -0.127. The molecule has 1 amide bonds. The molecule has 4 aromatic rings. The third-order valence-corrected chi connectivity index (χ3v) is 7.84. The normalized spacial score (nSPS) is 18.0. The van der Waals surface area contributed by atoms with Gasteiger partial charge in [-0.25, -0.2) is 0 Å². The fraction of sp³-hybridized carbons (Fsp3) is 0.344. The van der Waals surface area contributed by atoms with Gasteiger partial charge >= 0.3 is 0 Å². The Morgan fingerprint density at radius 2 is 1.64 bits per heavy atom. The predicted octanol–water partition coefficient (Wildman–Crippen LogP) is 4.82. The van der Waals surface area contributed by atoms with Gasteiger partial charge in [0.2, 0.25) is 17.6 Å². The first-order chi connectivity index (χ1) is 19.2. The fourth-order valence-corrected chi connectivity index (χ4v) is 5.67. The van der Waals surface area contributed by atoms with Crippen LogP contribution in [0.15, 0.2) is 83.4 Å². The van der Waals surface area contributed by atoms with E-state index >= 15 is 0 Å². The van der Waals surface area contributed by atoms with E-state index in [4.69, 9.17) is 4.52 Å². The summed E-state index contributed by atoms with van der Waals surface area (Å²) in [6.45, 7) is 5.79. The van der Waals surface area contributed by atoms with Crippen molar-refractivity contribution >= 4 is 5.91 Å². The van der Waals surface area contributed by atoms with Crippen LogP contribution in [-0.4, -0.2) is 45.5 Å². The number of nitrogens with one attached hydrogen (secondary N) is 1. The van der Waals surface area contributed by atoms with E-state index in [-0.39, 0.29) is 11.8 Å². The first kappa shape index (κ1) is 25.5. The number of carbonyl (C=O) groups is 1. The van der Waals surface area contributed by atoms with Crippen molar-refractivity contribution in [2.24, 2.45) is 5.92 Å². The van der Waals surface area contributed by atoms with Crippen LogP contribution in [0.3, 0.4) is 0 Å². The minimum atomic E-state index is -0.0310. The van der Waals surface area contributed by atoms with Crippen LogP contribution in [0, 0.1) is 5.92 Å². The Kier molecular flexibility index (Phi) is 7.79. The van der Waals surface area contributed by atoms with Gasteiger partial charge < -0.3 is 9.84 Å². The first-order valence-corrected chi connectivity index (χ1v) is 13.9. The van der Waals surface area contributed by atoms with E-state index in [1.54, 1.807) is 0 Å². The Morgan fingerprint density at radius 3 is 2.49 bits per heavy atom. The summed E-state index contributed by atoms with van der Waals surface area (Å²) in [7, 11) is 0. The van der Waals surface area contributed by atoms with Crippen LogP contribution in [0.2, 0.25) is 0 Å². The number of aromatic nitrogens is 2. The summed E-state index contributed by atoms with van der Waals surface area (Å²) in [5.41, 5.74) is 6.30. The zero-order valence-electron chi connectivity index (χ0n) is 22.3. The number of fused-ring (bicyclic) bond motifs is 1. The molecule has 1 aromatic heterocycles. The predicted molar refractivity (Wildman–Crippen MR) is 150 cm³/mol. The monoisotopic (exact) mass is 521 g/mol. The van der Waals surface area contributed by atoms with Gasteiger partial charge in [-0.15, -0.1) is 0 Å². The van der Waals surface area contributed by atoms with Crippen LogP contribution < -0.4 is 5.32 Å². The van der Waals surface area contributed by atoms with Crippen LogP contribution in [0.25, 0.3) is 11.4 Å². The van der Waals surface area contributed by atoms with Crippen LogP contribution in [0.5, 0.6) is 0 Å². The Hall–Kier alpha value is -3.81. The Morgan fingerprint density at radius 1 is 0.872 bits per heavy atom. The van der Waals surface area contributed by atoms with Crippen molar-refractivity contribution in [3.05, 3.63) is 107 Å². The van der Waals surface area contributed by atoms with Gasteiger partial charge in [0.25, 0.3) is 0 Å². The van der Waals surface area contributed by atoms with Crippen molar-refractivity contribution in [2.45, 2.75) is 45.4 Å². The van der Waals surface area contributed by atoms with E-state index in [1.165, 1.54) is 16.7 Å². The number of rotatable bonds is 8. The third kappa shape index (κ3) is 6.44. The molecule has 2 aliphatic rings.